The standard InChI is InChI=1S/C24H13BrO2.C18H8Br2O2.C6H6BO2/c25-16-7-9-22-18(11-16)20-13-23-19(12-24(20)27-22)17-10-15(6-8-21(17)26-23)14-4-2-1-3-5-14;19-9-1-3-15-11(5-9)13-7-18-14(8-17(13)21-15)12-6-10(20)2-4-16(12)22-18;8-7-9-6-4-2-1-3-5-6/h1-13H;1-8H;1-5,8H. The lowest BCUT2D eigenvalue weighted by Crippen LogP contribution is -1.98. The van der Waals surface area contributed by atoms with Gasteiger partial charge in [0.1, 0.15) is 44.7 Å². The first-order valence-corrected chi connectivity index (χ1v) is 20.6. The maximum absolute atomic E-state index is 8.17. The Morgan fingerprint density at radius 3 is 1.09 bits per heavy atom. The van der Waals surface area contributed by atoms with Gasteiger partial charge in [0.2, 0.25) is 0 Å². The van der Waals surface area contributed by atoms with Gasteiger partial charge in [0.25, 0.3) is 0 Å². The molecule has 1 N–H and O–H groups in total. The zero-order chi connectivity index (χ0) is 39.3. The molecule has 0 spiro atoms. The van der Waals surface area contributed by atoms with Crippen LogP contribution in [0.25, 0.3) is 98.9 Å². The molecule has 12 aromatic rings. The molecule has 0 fully saturated rings. The zero-order valence-electron chi connectivity index (χ0n) is 30.2. The highest BCUT2D eigenvalue weighted by Gasteiger charge is 2.16. The molecule has 0 aliphatic carbocycles. The summed E-state index contributed by atoms with van der Waals surface area (Å²) in [5, 5.41) is 16.8. The van der Waals surface area contributed by atoms with E-state index >= 15 is 0 Å². The molecule has 4 heterocycles. The van der Waals surface area contributed by atoms with E-state index in [0.29, 0.717) is 13.4 Å². The predicted molar refractivity (Wildman–Crippen MR) is 246 cm³/mol. The van der Waals surface area contributed by atoms with Crippen molar-refractivity contribution in [1.29, 1.82) is 0 Å². The van der Waals surface area contributed by atoms with Gasteiger partial charge in [0.15, 0.2) is 0 Å². The summed E-state index contributed by atoms with van der Waals surface area (Å²) in [6.07, 6.45) is 0. The Hall–Kier alpha value is -5.78. The van der Waals surface area contributed by atoms with E-state index in [4.69, 9.17) is 22.7 Å². The number of rotatable bonds is 3. The number of hydrogen-bond donors (Lipinski definition) is 1. The molecule has 8 aromatic carbocycles. The fourth-order valence-corrected chi connectivity index (χ4v) is 8.46. The summed E-state index contributed by atoms with van der Waals surface area (Å²) in [5.41, 5.74) is 9.44. The van der Waals surface area contributed by atoms with Gasteiger partial charge in [-0.1, -0.05) is 102 Å². The third-order valence-electron chi connectivity index (χ3n) is 10.0. The molecule has 0 amide bonds. The van der Waals surface area contributed by atoms with E-state index in [1.54, 1.807) is 12.1 Å². The molecule has 0 aliphatic heterocycles. The lowest BCUT2D eigenvalue weighted by molar-refractivity contribution is 0.454. The fourth-order valence-electron chi connectivity index (χ4n) is 7.38. The highest BCUT2D eigenvalue weighted by atomic mass is 79.9. The Bertz CT molecular complexity index is 3360. The first-order chi connectivity index (χ1) is 28.4. The van der Waals surface area contributed by atoms with Crippen LogP contribution in [0, 0.1) is 0 Å². The Morgan fingerprint density at radius 1 is 0.345 bits per heavy atom. The molecule has 0 saturated heterocycles. The average molecular weight is 950 g/mol. The smallest absolute Gasteiger partial charge is 0.537 e. The second-order valence-corrected chi connectivity index (χ2v) is 16.4. The Morgan fingerprint density at radius 2 is 0.690 bits per heavy atom. The van der Waals surface area contributed by atoms with E-state index in [1.165, 1.54) is 11.1 Å². The minimum Gasteiger partial charge on any atom is -0.537 e. The van der Waals surface area contributed by atoms with Crippen molar-refractivity contribution in [3.8, 4) is 16.9 Å². The van der Waals surface area contributed by atoms with Crippen molar-refractivity contribution in [2.24, 2.45) is 0 Å². The summed E-state index contributed by atoms with van der Waals surface area (Å²) in [4.78, 5) is 0. The van der Waals surface area contributed by atoms with Crippen molar-refractivity contribution in [2.45, 2.75) is 0 Å². The third kappa shape index (κ3) is 6.86. The van der Waals surface area contributed by atoms with Crippen LogP contribution in [0.3, 0.4) is 0 Å². The maximum atomic E-state index is 8.17. The van der Waals surface area contributed by atoms with Crippen molar-refractivity contribution in [3.63, 3.8) is 0 Å². The second-order valence-electron chi connectivity index (χ2n) is 13.6. The molecule has 6 nitrogen and oxygen atoms in total. The third-order valence-corrected chi connectivity index (χ3v) is 11.5. The van der Waals surface area contributed by atoms with Crippen LogP contribution in [0.15, 0.2) is 189 Å². The van der Waals surface area contributed by atoms with Crippen molar-refractivity contribution < 1.29 is 27.3 Å². The summed E-state index contributed by atoms with van der Waals surface area (Å²) in [7, 11) is 0.662. The topological polar surface area (TPSA) is 82.0 Å². The first-order valence-electron chi connectivity index (χ1n) is 18.2. The van der Waals surface area contributed by atoms with Crippen LogP contribution < -0.4 is 4.65 Å². The molecular formula is C48H27BBr3O6. The quantitative estimate of drug-likeness (QED) is 0.178. The summed E-state index contributed by atoms with van der Waals surface area (Å²) < 4.78 is 32.0. The molecule has 0 aliphatic rings. The molecule has 0 atom stereocenters. The van der Waals surface area contributed by atoms with Gasteiger partial charge in [-0.2, -0.15) is 0 Å². The molecule has 12 rings (SSSR count). The van der Waals surface area contributed by atoms with Crippen molar-refractivity contribution in [2.75, 3.05) is 0 Å². The molecule has 0 saturated carbocycles. The molecule has 0 bridgehead atoms. The Balaban J connectivity index is 0.000000118. The van der Waals surface area contributed by atoms with E-state index in [9.17, 15) is 0 Å². The summed E-state index contributed by atoms with van der Waals surface area (Å²) in [5.74, 6) is 0.639. The van der Waals surface area contributed by atoms with Gasteiger partial charge in [-0.05, 0) is 114 Å². The number of benzene rings is 8. The van der Waals surface area contributed by atoms with E-state index in [0.717, 1.165) is 101 Å². The van der Waals surface area contributed by atoms with Gasteiger partial charge < -0.3 is 27.3 Å². The number of halogens is 3. The number of hydrogen-bond acceptors (Lipinski definition) is 6. The Kier molecular flexibility index (Phi) is 9.58. The van der Waals surface area contributed by atoms with Gasteiger partial charge in [0.05, 0.1) is 5.75 Å². The summed E-state index contributed by atoms with van der Waals surface area (Å²) in [6, 6.07) is 52.3. The second kappa shape index (κ2) is 15.2. The minimum atomic E-state index is 0.639. The van der Waals surface area contributed by atoms with Crippen LogP contribution in [0.1, 0.15) is 0 Å². The molecule has 279 valence electrons. The summed E-state index contributed by atoms with van der Waals surface area (Å²) in [6.45, 7) is 0. The van der Waals surface area contributed by atoms with Crippen LogP contribution in [0.2, 0.25) is 0 Å². The summed E-state index contributed by atoms with van der Waals surface area (Å²) >= 11 is 10.6. The van der Waals surface area contributed by atoms with Crippen molar-refractivity contribution in [3.05, 3.63) is 171 Å². The molecular weight excluding hydrogens is 923 g/mol. The van der Waals surface area contributed by atoms with Crippen molar-refractivity contribution in [1.82, 2.24) is 0 Å². The lowest BCUT2D eigenvalue weighted by atomic mass is 10.0. The number of para-hydroxylation sites is 1. The van der Waals surface area contributed by atoms with Gasteiger partial charge in [-0.15, -0.1) is 0 Å². The van der Waals surface area contributed by atoms with Gasteiger partial charge in [-0.25, -0.2) is 0 Å². The fraction of sp³-hybridized carbons (Fsp3) is 0. The van der Waals surface area contributed by atoms with Crippen LogP contribution in [-0.4, -0.2) is 12.7 Å². The molecule has 10 heteroatoms. The SMILES string of the molecule is Brc1ccc2oc3cc4c(cc3c2c1)oc1ccc(-c2ccccc2)cc14.Brc1ccc2oc3cc4c(cc3c2c1)oc1ccc(Br)cc14.O[B]Oc1ccccc1. The normalized spacial score (nSPS) is 11.4. The van der Waals surface area contributed by atoms with E-state index in [2.05, 4.69) is 131 Å². The highest BCUT2D eigenvalue weighted by molar-refractivity contribution is 9.11. The lowest BCUT2D eigenvalue weighted by Gasteiger charge is -2.01. The van der Waals surface area contributed by atoms with Gasteiger partial charge >= 0.3 is 7.69 Å². The number of fused-ring (bicyclic) bond motifs is 12. The maximum Gasteiger partial charge on any atom is 0.569 e. The van der Waals surface area contributed by atoms with Gasteiger partial charge in [0, 0.05) is 56.5 Å². The monoisotopic (exact) mass is 947 g/mol. The predicted octanol–water partition coefficient (Wildman–Crippen LogP) is 15.5. The van der Waals surface area contributed by atoms with Crippen LogP contribution in [-0.2, 0) is 0 Å². The van der Waals surface area contributed by atoms with Gasteiger partial charge in [-0.3, -0.25) is 0 Å². The molecule has 4 aromatic heterocycles. The number of furan rings is 4. The van der Waals surface area contributed by atoms with Crippen molar-refractivity contribution >= 4 is 143 Å². The molecule has 1 radical (unpaired) electrons. The average Bonchev–Trinajstić information content (AvgIpc) is 3.99. The van der Waals surface area contributed by atoms with E-state index in [1.807, 2.05) is 66.7 Å². The van der Waals surface area contributed by atoms with Crippen LogP contribution in [0.4, 0.5) is 0 Å². The highest BCUT2D eigenvalue weighted by Crippen LogP contribution is 2.40. The van der Waals surface area contributed by atoms with E-state index < -0.39 is 0 Å². The first kappa shape index (κ1) is 36.6. The van der Waals surface area contributed by atoms with Crippen LogP contribution in [0.5, 0.6) is 5.75 Å². The Labute approximate surface area is 356 Å². The molecule has 0 unspecified atom stereocenters. The molecule has 58 heavy (non-hydrogen) atoms. The minimum absolute atomic E-state index is 0.639. The zero-order valence-corrected chi connectivity index (χ0v) is 35.0. The van der Waals surface area contributed by atoms with E-state index in [-0.39, 0.29) is 0 Å². The largest absolute Gasteiger partial charge is 0.569 e. The van der Waals surface area contributed by atoms with Crippen LogP contribution >= 0.6 is 47.8 Å².